The average Bonchev–Trinajstić information content (AvgIpc) is 3.29. The maximum absolute atomic E-state index is 12.1. The van der Waals surface area contributed by atoms with E-state index in [0.29, 0.717) is 50.2 Å². The normalized spacial score (nSPS) is 25.2. The van der Waals surface area contributed by atoms with Gasteiger partial charge >= 0.3 is 6.03 Å². The second kappa shape index (κ2) is 9.54. The molecule has 2 amide bonds. The summed E-state index contributed by atoms with van der Waals surface area (Å²) in [5, 5.41) is 20.4. The van der Waals surface area contributed by atoms with Gasteiger partial charge in [0.2, 0.25) is 0 Å². The van der Waals surface area contributed by atoms with Crippen molar-refractivity contribution < 1.29 is 14.3 Å². The summed E-state index contributed by atoms with van der Waals surface area (Å²) in [5.41, 5.74) is 0.980. The Morgan fingerprint density at radius 3 is 2.92 bits per heavy atom. The van der Waals surface area contributed by atoms with E-state index in [1.165, 1.54) is 0 Å². The second-order valence-electron chi connectivity index (χ2n) is 10.8. The summed E-state index contributed by atoms with van der Waals surface area (Å²) in [6.45, 7) is 10.9. The molecular formula is C25H32N10O3. The molecular weight excluding hydrogens is 488 g/mol. The van der Waals surface area contributed by atoms with E-state index in [9.17, 15) is 10.1 Å². The van der Waals surface area contributed by atoms with E-state index in [-0.39, 0.29) is 35.9 Å². The number of amides is 2. The third-order valence-electron chi connectivity index (χ3n) is 6.90. The molecule has 2 N–H and O–H groups in total. The minimum absolute atomic E-state index is 0.0453. The predicted molar refractivity (Wildman–Crippen MR) is 137 cm³/mol. The van der Waals surface area contributed by atoms with Gasteiger partial charge in [-0.05, 0) is 20.8 Å². The van der Waals surface area contributed by atoms with Gasteiger partial charge in [0.25, 0.3) is 0 Å². The highest BCUT2D eigenvalue weighted by atomic mass is 16.8. The molecule has 2 fully saturated rings. The first kappa shape index (κ1) is 24.6. The van der Waals surface area contributed by atoms with Crippen LogP contribution in [0, 0.1) is 11.3 Å². The minimum Gasteiger partial charge on any atom is -0.349 e. The molecule has 0 aromatic carbocycles. The molecule has 6 heterocycles. The third kappa shape index (κ3) is 5.02. The number of nitrogens with one attached hydrogen (secondary N) is 2. The molecule has 2 aromatic rings. The van der Waals surface area contributed by atoms with Gasteiger partial charge in [0.05, 0.1) is 30.1 Å². The lowest BCUT2D eigenvalue weighted by Crippen LogP contribution is -2.47. The summed E-state index contributed by atoms with van der Waals surface area (Å²) in [5.74, 6) is 1.59. The van der Waals surface area contributed by atoms with Crippen LogP contribution in [0.5, 0.6) is 0 Å². The van der Waals surface area contributed by atoms with Gasteiger partial charge in [-0.3, -0.25) is 9.58 Å². The Labute approximate surface area is 221 Å². The van der Waals surface area contributed by atoms with Crippen molar-refractivity contribution in [1.82, 2.24) is 34.9 Å². The van der Waals surface area contributed by atoms with E-state index >= 15 is 0 Å². The van der Waals surface area contributed by atoms with Crippen molar-refractivity contribution in [2.75, 3.05) is 42.9 Å². The number of carbonyl (C=O) groups is 1. The SMILES string of the molecule is CC(C)(C)OC1OC1N1CCn2nc(Nc3nc(N4CC=C[C@@H](N5CCNC5=O)C4)cnc3C#N)cc2C1. The largest absolute Gasteiger partial charge is 0.349 e. The van der Waals surface area contributed by atoms with Crippen LogP contribution in [-0.2, 0) is 22.6 Å². The molecule has 13 nitrogen and oxygen atoms in total. The standard InChI is InChI=1S/C25H32N10O3/c1-25(2,3)38-23-22(37-23)33-9-10-35-17(15-33)11-19(31-35)29-21-18(12-26)28-13-20(30-21)32-7-4-5-16(14-32)34-8-6-27-24(34)36/h4-5,11,13,16,22-23H,6-10,14-15H2,1-3H3,(H,27,36)(H,29,30,31)/t16-,22?,23?/m1/s1. The maximum Gasteiger partial charge on any atom is 0.318 e. The zero-order valence-corrected chi connectivity index (χ0v) is 21.8. The number of urea groups is 1. The molecule has 2 unspecified atom stereocenters. The first-order valence-corrected chi connectivity index (χ1v) is 12.9. The van der Waals surface area contributed by atoms with Gasteiger partial charge in [0.15, 0.2) is 29.8 Å². The van der Waals surface area contributed by atoms with Crippen molar-refractivity contribution in [3.63, 3.8) is 0 Å². The fourth-order valence-corrected chi connectivity index (χ4v) is 5.07. The lowest BCUT2D eigenvalue weighted by molar-refractivity contribution is -0.0579. The van der Waals surface area contributed by atoms with Gasteiger partial charge < -0.3 is 29.9 Å². The van der Waals surface area contributed by atoms with Crippen LogP contribution >= 0.6 is 0 Å². The Morgan fingerprint density at radius 2 is 2.16 bits per heavy atom. The molecule has 0 bridgehead atoms. The number of hydrogen-bond acceptors (Lipinski definition) is 10. The number of fused-ring (bicyclic) bond motifs is 1. The van der Waals surface area contributed by atoms with Crippen LogP contribution in [0.1, 0.15) is 32.2 Å². The number of epoxide rings is 1. The van der Waals surface area contributed by atoms with Gasteiger partial charge in [-0.1, -0.05) is 12.2 Å². The summed E-state index contributed by atoms with van der Waals surface area (Å²) in [6.07, 6.45) is 5.44. The highest BCUT2D eigenvalue weighted by molar-refractivity contribution is 5.77. The maximum atomic E-state index is 12.1. The second-order valence-corrected chi connectivity index (χ2v) is 10.8. The van der Waals surface area contributed by atoms with Crippen LogP contribution in [0.15, 0.2) is 24.4 Å². The summed E-state index contributed by atoms with van der Waals surface area (Å²) in [4.78, 5) is 27.3. The van der Waals surface area contributed by atoms with Gasteiger partial charge in [-0.25, -0.2) is 14.8 Å². The summed E-state index contributed by atoms with van der Waals surface area (Å²) >= 11 is 0. The topological polar surface area (TPSA) is 140 Å². The smallest absolute Gasteiger partial charge is 0.318 e. The zero-order chi connectivity index (χ0) is 26.4. The summed E-state index contributed by atoms with van der Waals surface area (Å²) in [6, 6.07) is 3.98. The zero-order valence-electron chi connectivity index (χ0n) is 21.8. The van der Waals surface area contributed by atoms with E-state index in [1.807, 2.05) is 42.5 Å². The molecule has 6 rings (SSSR count). The molecule has 2 saturated heterocycles. The molecule has 13 heteroatoms. The van der Waals surface area contributed by atoms with Crippen LogP contribution < -0.4 is 15.5 Å². The van der Waals surface area contributed by atoms with E-state index in [2.05, 4.69) is 42.7 Å². The number of aromatic nitrogens is 4. The van der Waals surface area contributed by atoms with Gasteiger partial charge in [0.1, 0.15) is 11.9 Å². The van der Waals surface area contributed by atoms with E-state index in [1.54, 1.807) is 6.20 Å². The van der Waals surface area contributed by atoms with Gasteiger partial charge in [0, 0.05) is 45.3 Å². The van der Waals surface area contributed by atoms with E-state index in [4.69, 9.17) is 14.5 Å². The molecule has 3 atom stereocenters. The number of rotatable bonds is 6. The van der Waals surface area contributed by atoms with Crippen LogP contribution in [0.25, 0.3) is 0 Å². The van der Waals surface area contributed by atoms with Crippen LogP contribution in [0.3, 0.4) is 0 Å². The lowest BCUT2D eigenvalue weighted by atomic mass is 10.1. The molecule has 4 aliphatic heterocycles. The number of ether oxygens (including phenoxy) is 2. The monoisotopic (exact) mass is 520 g/mol. The molecule has 0 saturated carbocycles. The fraction of sp³-hybridized carbons (Fsp3) is 0.560. The summed E-state index contributed by atoms with van der Waals surface area (Å²) < 4.78 is 13.7. The number of carbonyl (C=O) groups excluding carboxylic acids is 1. The van der Waals surface area contributed by atoms with Gasteiger partial charge in [-0.15, -0.1) is 0 Å². The van der Waals surface area contributed by atoms with E-state index in [0.717, 1.165) is 18.8 Å². The average molecular weight is 521 g/mol. The number of nitriles is 1. The molecule has 200 valence electrons. The number of nitrogens with zero attached hydrogens (tertiary/aromatic N) is 8. The highest BCUT2D eigenvalue weighted by Gasteiger charge is 2.47. The summed E-state index contributed by atoms with van der Waals surface area (Å²) in [7, 11) is 0. The molecule has 0 radical (unpaired) electrons. The predicted octanol–water partition coefficient (Wildman–Crippen LogP) is 1.37. The number of hydrogen-bond donors (Lipinski definition) is 2. The number of anilines is 3. The quantitative estimate of drug-likeness (QED) is 0.424. The van der Waals surface area contributed by atoms with Crippen LogP contribution in [-0.4, -0.2) is 92.5 Å². The third-order valence-corrected chi connectivity index (χ3v) is 6.90. The van der Waals surface area contributed by atoms with Crippen LogP contribution in [0.2, 0.25) is 0 Å². The van der Waals surface area contributed by atoms with Crippen molar-refractivity contribution in [2.45, 2.75) is 58.0 Å². The molecule has 0 spiro atoms. The Kier molecular flexibility index (Phi) is 6.17. The molecule has 4 aliphatic rings. The minimum atomic E-state index is -0.254. The van der Waals surface area contributed by atoms with Crippen molar-refractivity contribution in [2.24, 2.45) is 0 Å². The Morgan fingerprint density at radius 1 is 1.29 bits per heavy atom. The highest BCUT2D eigenvalue weighted by Crippen LogP contribution is 2.33. The van der Waals surface area contributed by atoms with Gasteiger partial charge in [-0.2, -0.15) is 10.4 Å². The lowest BCUT2D eigenvalue weighted by Gasteiger charge is -2.34. The molecule has 38 heavy (non-hydrogen) atoms. The first-order chi connectivity index (χ1) is 18.3. The van der Waals surface area contributed by atoms with E-state index < -0.39 is 0 Å². The van der Waals surface area contributed by atoms with Crippen molar-refractivity contribution >= 4 is 23.5 Å². The van der Waals surface area contributed by atoms with Crippen molar-refractivity contribution in [3.8, 4) is 6.07 Å². The fourth-order valence-electron chi connectivity index (χ4n) is 5.07. The van der Waals surface area contributed by atoms with Crippen molar-refractivity contribution in [3.05, 3.63) is 35.8 Å². The first-order valence-electron chi connectivity index (χ1n) is 12.9. The van der Waals surface area contributed by atoms with Crippen molar-refractivity contribution in [1.29, 1.82) is 5.26 Å². The van der Waals surface area contributed by atoms with Crippen LogP contribution in [0.4, 0.5) is 22.2 Å². The Bertz CT molecular complexity index is 1300. The Hall–Kier alpha value is -3.73. The molecule has 2 aromatic heterocycles. The molecule has 0 aliphatic carbocycles. The Balaban J connectivity index is 1.14.